The number of benzene rings is 1. The smallest absolute Gasteiger partial charge is 0.232 e. The molecule has 36 heavy (non-hydrogen) atoms. The highest BCUT2D eigenvalue weighted by Crippen LogP contribution is 2.28. The Morgan fingerprint density at radius 1 is 0.972 bits per heavy atom. The van der Waals surface area contributed by atoms with Crippen LogP contribution in [-0.2, 0) is 6.54 Å². The number of piperazine rings is 1. The zero-order valence-corrected chi connectivity index (χ0v) is 21.9. The van der Waals surface area contributed by atoms with Crippen molar-refractivity contribution in [2.24, 2.45) is 0 Å². The number of thiocarbonyl (C=S) groups is 1. The number of hydrogen-bond acceptors (Lipinski definition) is 7. The minimum absolute atomic E-state index is 0.455. The molecule has 1 aromatic carbocycles. The molecule has 0 saturated carbocycles. The number of hydrogen-bond donors (Lipinski definition) is 2. The summed E-state index contributed by atoms with van der Waals surface area (Å²) >= 11 is 5.56. The molecule has 3 aromatic rings. The standard InChI is InChI=1S/C27H35N7OS/c1-20-8-6-7-13-34(20)25-18-24(33-16-14-32(15-17-33)22-9-4-3-5-10-22)29-26(30-25)31-27(36)28-19-23-12-11-21(2)35-23/h3-5,9-12,18,20H,6-8,13-17,19H2,1-2H3,(H2,28,29,30,31,36)/t20-/m0/s1. The van der Waals surface area contributed by atoms with Crippen molar-refractivity contribution in [1.82, 2.24) is 15.3 Å². The van der Waals surface area contributed by atoms with Crippen molar-refractivity contribution in [2.45, 2.75) is 45.7 Å². The second-order valence-electron chi connectivity index (χ2n) is 9.58. The van der Waals surface area contributed by atoms with E-state index < -0.39 is 0 Å². The van der Waals surface area contributed by atoms with Crippen LogP contribution >= 0.6 is 12.2 Å². The van der Waals surface area contributed by atoms with E-state index in [1.54, 1.807) is 0 Å². The molecule has 2 aliphatic heterocycles. The van der Waals surface area contributed by atoms with Gasteiger partial charge in [-0.05, 0) is 69.6 Å². The van der Waals surface area contributed by atoms with Crippen molar-refractivity contribution in [3.8, 4) is 0 Å². The third kappa shape index (κ3) is 5.90. The van der Waals surface area contributed by atoms with Gasteiger partial charge < -0.3 is 29.8 Å². The van der Waals surface area contributed by atoms with Gasteiger partial charge in [-0.3, -0.25) is 0 Å². The maximum Gasteiger partial charge on any atom is 0.232 e. The van der Waals surface area contributed by atoms with E-state index in [4.69, 9.17) is 26.6 Å². The van der Waals surface area contributed by atoms with Crippen LogP contribution in [0, 0.1) is 6.92 Å². The molecule has 9 heteroatoms. The molecule has 0 spiro atoms. The summed E-state index contributed by atoms with van der Waals surface area (Å²) in [6.07, 6.45) is 3.63. The van der Waals surface area contributed by atoms with Crippen LogP contribution in [0.15, 0.2) is 52.9 Å². The summed E-state index contributed by atoms with van der Waals surface area (Å²) in [5.41, 5.74) is 1.27. The number of aryl methyl sites for hydroxylation is 1. The predicted molar refractivity (Wildman–Crippen MR) is 150 cm³/mol. The van der Waals surface area contributed by atoms with Gasteiger partial charge in [-0.25, -0.2) is 0 Å². The number of para-hydroxylation sites is 1. The number of nitrogens with one attached hydrogen (secondary N) is 2. The summed E-state index contributed by atoms with van der Waals surface area (Å²) in [4.78, 5) is 17.0. The van der Waals surface area contributed by atoms with E-state index in [1.807, 2.05) is 19.1 Å². The largest absolute Gasteiger partial charge is 0.465 e. The Hall–Kier alpha value is -3.33. The zero-order valence-electron chi connectivity index (χ0n) is 21.1. The van der Waals surface area contributed by atoms with Gasteiger partial charge in [-0.2, -0.15) is 9.97 Å². The summed E-state index contributed by atoms with van der Waals surface area (Å²) < 4.78 is 5.63. The lowest BCUT2D eigenvalue weighted by Crippen LogP contribution is -2.47. The molecule has 0 bridgehead atoms. The minimum atomic E-state index is 0.455. The maximum atomic E-state index is 5.63. The molecule has 2 fully saturated rings. The van der Waals surface area contributed by atoms with Crippen molar-refractivity contribution in [3.05, 3.63) is 60.1 Å². The summed E-state index contributed by atoms with van der Waals surface area (Å²) in [6, 6.07) is 17.1. The first-order valence-electron chi connectivity index (χ1n) is 12.9. The Labute approximate surface area is 218 Å². The van der Waals surface area contributed by atoms with Gasteiger partial charge in [0.25, 0.3) is 0 Å². The van der Waals surface area contributed by atoms with Crippen molar-refractivity contribution >= 4 is 40.6 Å². The van der Waals surface area contributed by atoms with E-state index >= 15 is 0 Å². The number of piperidine rings is 1. The van der Waals surface area contributed by atoms with Crippen LogP contribution in [0.5, 0.6) is 0 Å². The molecule has 4 heterocycles. The molecule has 0 aliphatic carbocycles. The fraction of sp³-hybridized carbons (Fsp3) is 0.444. The van der Waals surface area contributed by atoms with Crippen LogP contribution in [-0.4, -0.2) is 53.8 Å². The van der Waals surface area contributed by atoms with E-state index in [-0.39, 0.29) is 0 Å². The Morgan fingerprint density at radius 2 is 1.72 bits per heavy atom. The summed E-state index contributed by atoms with van der Waals surface area (Å²) in [7, 11) is 0. The van der Waals surface area contributed by atoms with Crippen LogP contribution < -0.4 is 25.3 Å². The predicted octanol–water partition coefficient (Wildman–Crippen LogP) is 4.57. The third-order valence-corrected chi connectivity index (χ3v) is 7.21. The monoisotopic (exact) mass is 505 g/mol. The number of aromatic nitrogens is 2. The summed E-state index contributed by atoms with van der Waals surface area (Å²) in [5, 5.41) is 6.90. The first-order chi connectivity index (χ1) is 17.5. The van der Waals surface area contributed by atoms with Crippen LogP contribution in [0.4, 0.5) is 23.3 Å². The number of anilines is 4. The first kappa shape index (κ1) is 24.4. The van der Waals surface area contributed by atoms with E-state index in [9.17, 15) is 0 Å². The molecule has 0 amide bonds. The van der Waals surface area contributed by atoms with Crippen LogP contribution in [0.1, 0.15) is 37.7 Å². The fourth-order valence-corrected chi connectivity index (χ4v) is 5.11. The van der Waals surface area contributed by atoms with Crippen LogP contribution in [0.25, 0.3) is 0 Å². The minimum Gasteiger partial charge on any atom is -0.465 e. The topological polar surface area (TPSA) is 72.7 Å². The Balaban J connectivity index is 1.31. The summed E-state index contributed by atoms with van der Waals surface area (Å²) in [6.45, 7) is 9.45. The van der Waals surface area contributed by atoms with Gasteiger partial charge in [0.15, 0.2) is 5.11 Å². The van der Waals surface area contributed by atoms with Gasteiger partial charge in [0.05, 0.1) is 6.54 Å². The molecule has 1 atom stereocenters. The molecule has 8 nitrogen and oxygen atoms in total. The molecule has 0 unspecified atom stereocenters. The molecule has 0 radical (unpaired) electrons. The van der Waals surface area contributed by atoms with Gasteiger partial charge in [0, 0.05) is 50.5 Å². The van der Waals surface area contributed by atoms with Crippen molar-refractivity contribution in [3.63, 3.8) is 0 Å². The quantitative estimate of drug-likeness (QED) is 0.469. The number of rotatable bonds is 6. The average molecular weight is 506 g/mol. The molecular formula is C27H35N7OS. The molecule has 190 valence electrons. The maximum absolute atomic E-state index is 5.63. The molecule has 2 aromatic heterocycles. The SMILES string of the molecule is Cc1ccc(CNC(=S)Nc2nc(N3CCN(c4ccccc4)CC3)cc(N3CCCC[C@@H]3C)n2)o1. The van der Waals surface area contributed by atoms with Gasteiger partial charge in [-0.1, -0.05) is 18.2 Å². The highest BCUT2D eigenvalue weighted by Gasteiger charge is 2.24. The Morgan fingerprint density at radius 3 is 2.44 bits per heavy atom. The Kier molecular flexibility index (Phi) is 7.55. The fourth-order valence-electron chi connectivity index (χ4n) is 4.95. The third-order valence-electron chi connectivity index (χ3n) is 6.97. The lowest BCUT2D eigenvalue weighted by Gasteiger charge is -2.38. The van der Waals surface area contributed by atoms with E-state index in [1.165, 1.54) is 24.9 Å². The second kappa shape index (κ2) is 11.2. The van der Waals surface area contributed by atoms with Crippen molar-refractivity contribution in [2.75, 3.05) is 52.7 Å². The molecule has 2 N–H and O–H groups in total. The van der Waals surface area contributed by atoms with E-state index in [0.29, 0.717) is 23.6 Å². The lowest BCUT2D eigenvalue weighted by molar-refractivity contribution is 0.478. The molecule has 2 saturated heterocycles. The zero-order chi connectivity index (χ0) is 24.9. The molecule has 5 rings (SSSR count). The molecular weight excluding hydrogens is 470 g/mol. The van der Waals surface area contributed by atoms with E-state index in [2.05, 4.69) is 68.7 Å². The Bertz CT molecular complexity index is 1160. The van der Waals surface area contributed by atoms with Crippen LogP contribution in [0.3, 0.4) is 0 Å². The highest BCUT2D eigenvalue weighted by atomic mass is 32.1. The normalized spacial score (nSPS) is 18.3. The van der Waals surface area contributed by atoms with Gasteiger partial charge in [0.2, 0.25) is 5.95 Å². The van der Waals surface area contributed by atoms with Crippen molar-refractivity contribution < 1.29 is 4.42 Å². The van der Waals surface area contributed by atoms with Crippen LogP contribution in [0.2, 0.25) is 0 Å². The second-order valence-corrected chi connectivity index (χ2v) is 9.98. The van der Waals surface area contributed by atoms with Crippen molar-refractivity contribution in [1.29, 1.82) is 0 Å². The highest BCUT2D eigenvalue weighted by molar-refractivity contribution is 7.80. The average Bonchev–Trinajstić information content (AvgIpc) is 3.33. The van der Waals surface area contributed by atoms with Gasteiger partial charge in [-0.15, -0.1) is 0 Å². The van der Waals surface area contributed by atoms with Gasteiger partial charge in [0.1, 0.15) is 23.2 Å². The summed E-state index contributed by atoms with van der Waals surface area (Å²) in [5.74, 6) is 4.15. The lowest BCUT2D eigenvalue weighted by atomic mass is 10.0. The number of nitrogens with zero attached hydrogens (tertiary/aromatic N) is 5. The first-order valence-corrected chi connectivity index (χ1v) is 13.3. The van der Waals surface area contributed by atoms with E-state index in [0.717, 1.165) is 55.9 Å². The molecule has 2 aliphatic rings. The van der Waals surface area contributed by atoms with Gasteiger partial charge >= 0.3 is 0 Å². The number of furan rings is 1.